The summed E-state index contributed by atoms with van der Waals surface area (Å²) in [6.45, 7) is 5.66. The Balaban J connectivity index is 1.89. The van der Waals surface area contributed by atoms with Gasteiger partial charge in [-0.1, -0.05) is 12.8 Å². The maximum Gasteiger partial charge on any atom is 0.132 e. The summed E-state index contributed by atoms with van der Waals surface area (Å²) in [4.78, 5) is 2.48. The molecule has 0 saturated carbocycles. The third kappa shape index (κ3) is 4.62. The molecule has 0 bridgehead atoms. The predicted octanol–water partition coefficient (Wildman–Crippen LogP) is 2.98. The number of aliphatic hydroxyl groups excluding tert-OH is 1. The minimum absolute atomic E-state index is 0.429. The Morgan fingerprint density at radius 3 is 3.10 bits per heavy atom. The molecule has 1 aromatic rings. The lowest BCUT2D eigenvalue weighted by molar-refractivity contribution is 0.0611. The fraction of sp³-hybridized carbons (Fsp3) is 0.750. The predicted molar refractivity (Wildman–Crippen MR) is 78.6 cm³/mol. The molecule has 0 spiro atoms. The number of furan rings is 1. The minimum Gasteiger partial charge on any atom is -0.467 e. The fourth-order valence-electron chi connectivity index (χ4n) is 2.98. The van der Waals surface area contributed by atoms with Crippen molar-refractivity contribution in [3.8, 4) is 0 Å². The zero-order valence-electron chi connectivity index (χ0n) is 12.5. The first kappa shape index (κ1) is 15.5. The summed E-state index contributed by atoms with van der Waals surface area (Å²) in [6, 6.07) is 4.11. The topological polar surface area (TPSA) is 45.8 Å². The SMILES string of the molecule is CCOCCN1CCCCCC1CC(O)c1ccco1. The van der Waals surface area contributed by atoms with E-state index in [-0.39, 0.29) is 0 Å². The molecule has 4 nitrogen and oxygen atoms in total. The van der Waals surface area contributed by atoms with Gasteiger partial charge >= 0.3 is 0 Å². The number of nitrogens with zero attached hydrogens (tertiary/aromatic N) is 1. The highest BCUT2D eigenvalue weighted by Crippen LogP contribution is 2.26. The molecule has 0 radical (unpaired) electrons. The third-order valence-electron chi connectivity index (χ3n) is 4.09. The van der Waals surface area contributed by atoms with E-state index in [2.05, 4.69) is 4.90 Å². The standard InChI is InChI=1S/C16H27NO3/c1-2-19-12-10-17-9-5-3-4-7-14(17)13-15(18)16-8-6-11-20-16/h6,8,11,14-15,18H,2-5,7,9-10,12-13H2,1H3. The van der Waals surface area contributed by atoms with Crippen molar-refractivity contribution >= 4 is 0 Å². The van der Waals surface area contributed by atoms with Crippen molar-refractivity contribution < 1.29 is 14.3 Å². The van der Waals surface area contributed by atoms with Crippen LogP contribution >= 0.6 is 0 Å². The van der Waals surface area contributed by atoms with Crippen molar-refractivity contribution in [1.82, 2.24) is 4.90 Å². The van der Waals surface area contributed by atoms with Crippen LogP contribution in [0.15, 0.2) is 22.8 Å². The molecule has 2 heterocycles. The van der Waals surface area contributed by atoms with Gasteiger partial charge in [0.1, 0.15) is 11.9 Å². The maximum absolute atomic E-state index is 10.3. The van der Waals surface area contributed by atoms with E-state index in [1.54, 1.807) is 6.26 Å². The van der Waals surface area contributed by atoms with Crippen LogP contribution in [0, 0.1) is 0 Å². The summed E-state index contributed by atoms with van der Waals surface area (Å²) in [5, 5.41) is 10.3. The van der Waals surface area contributed by atoms with Crippen molar-refractivity contribution in [3.05, 3.63) is 24.2 Å². The number of rotatable bonds is 7. The van der Waals surface area contributed by atoms with Gasteiger partial charge in [-0.3, -0.25) is 4.90 Å². The lowest BCUT2D eigenvalue weighted by atomic mass is 10.0. The Labute approximate surface area is 121 Å². The van der Waals surface area contributed by atoms with Crippen LogP contribution in [-0.4, -0.2) is 42.4 Å². The molecule has 4 heteroatoms. The molecule has 0 aliphatic carbocycles. The van der Waals surface area contributed by atoms with E-state index in [1.165, 1.54) is 19.3 Å². The zero-order chi connectivity index (χ0) is 14.2. The van der Waals surface area contributed by atoms with Crippen LogP contribution < -0.4 is 0 Å². The molecule has 1 fully saturated rings. The Kier molecular flexibility index (Phi) is 6.57. The van der Waals surface area contributed by atoms with E-state index < -0.39 is 6.10 Å². The summed E-state index contributed by atoms with van der Waals surface area (Å²) in [5.74, 6) is 0.680. The van der Waals surface area contributed by atoms with E-state index in [0.717, 1.165) is 39.1 Å². The van der Waals surface area contributed by atoms with Crippen LogP contribution in [0.1, 0.15) is 50.9 Å². The Morgan fingerprint density at radius 1 is 1.45 bits per heavy atom. The third-order valence-corrected chi connectivity index (χ3v) is 4.09. The van der Waals surface area contributed by atoms with E-state index in [9.17, 15) is 5.11 Å². The largest absolute Gasteiger partial charge is 0.467 e. The van der Waals surface area contributed by atoms with Crippen LogP contribution in [0.5, 0.6) is 0 Å². The molecule has 1 aromatic heterocycles. The molecular weight excluding hydrogens is 254 g/mol. The first-order chi connectivity index (χ1) is 9.81. The monoisotopic (exact) mass is 281 g/mol. The van der Waals surface area contributed by atoms with Gasteiger partial charge in [0.05, 0.1) is 12.9 Å². The summed E-state index contributed by atoms with van der Waals surface area (Å²) in [7, 11) is 0. The van der Waals surface area contributed by atoms with Crippen molar-refractivity contribution in [2.24, 2.45) is 0 Å². The highest BCUT2D eigenvalue weighted by Gasteiger charge is 2.24. The molecule has 1 aliphatic heterocycles. The lowest BCUT2D eigenvalue weighted by Gasteiger charge is -2.31. The molecule has 1 N–H and O–H groups in total. The molecule has 2 rings (SSSR count). The van der Waals surface area contributed by atoms with Crippen molar-refractivity contribution in [2.45, 2.75) is 51.2 Å². The second-order valence-corrected chi connectivity index (χ2v) is 5.50. The molecule has 2 atom stereocenters. The molecular formula is C16H27NO3. The Morgan fingerprint density at radius 2 is 2.35 bits per heavy atom. The first-order valence-corrected chi connectivity index (χ1v) is 7.84. The van der Waals surface area contributed by atoms with Gasteiger partial charge in [0.15, 0.2) is 0 Å². The molecule has 1 saturated heterocycles. The smallest absolute Gasteiger partial charge is 0.132 e. The van der Waals surface area contributed by atoms with Crippen LogP contribution in [-0.2, 0) is 4.74 Å². The summed E-state index contributed by atoms with van der Waals surface area (Å²) in [6.07, 6.45) is 6.82. The Hall–Kier alpha value is -0.840. The van der Waals surface area contributed by atoms with Crippen LogP contribution in [0.3, 0.4) is 0 Å². The second-order valence-electron chi connectivity index (χ2n) is 5.50. The highest BCUT2D eigenvalue weighted by atomic mass is 16.5. The average molecular weight is 281 g/mol. The summed E-state index contributed by atoms with van der Waals surface area (Å²) in [5.41, 5.74) is 0. The number of hydrogen-bond acceptors (Lipinski definition) is 4. The van der Waals surface area contributed by atoms with Crippen LogP contribution in [0.4, 0.5) is 0 Å². The maximum atomic E-state index is 10.3. The van der Waals surface area contributed by atoms with Gasteiger partial charge in [-0.05, 0) is 44.9 Å². The normalized spacial score (nSPS) is 22.6. The highest BCUT2D eigenvalue weighted by molar-refractivity contribution is 5.02. The van der Waals surface area contributed by atoms with Crippen LogP contribution in [0.25, 0.3) is 0 Å². The first-order valence-electron chi connectivity index (χ1n) is 7.84. The van der Waals surface area contributed by atoms with Crippen molar-refractivity contribution in [2.75, 3.05) is 26.3 Å². The van der Waals surface area contributed by atoms with Gasteiger partial charge in [0.2, 0.25) is 0 Å². The number of aliphatic hydroxyl groups is 1. The minimum atomic E-state index is -0.498. The van der Waals surface area contributed by atoms with Gasteiger partial charge in [-0.15, -0.1) is 0 Å². The van der Waals surface area contributed by atoms with Crippen molar-refractivity contribution in [1.29, 1.82) is 0 Å². The van der Waals surface area contributed by atoms with Crippen molar-refractivity contribution in [3.63, 3.8) is 0 Å². The lowest BCUT2D eigenvalue weighted by Crippen LogP contribution is -2.38. The van der Waals surface area contributed by atoms with Gasteiger partial charge in [0, 0.05) is 19.2 Å². The van der Waals surface area contributed by atoms with Crippen LogP contribution in [0.2, 0.25) is 0 Å². The quantitative estimate of drug-likeness (QED) is 0.780. The van der Waals surface area contributed by atoms with Gasteiger partial charge in [-0.25, -0.2) is 0 Å². The number of likely N-dealkylation sites (tertiary alicyclic amines) is 1. The zero-order valence-corrected chi connectivity index (χ0v) is 12.5. The second kappa shape index (κ2) is 8.45. The average Bonchev–Trinajstić information content (AvgIpc) is 2.90. The Bertz CT molecular complexity index is 353. The van der Waals surface area contributed by atoms with E-state index in [1.807, 2.05) is 19.1 Å². The molecule has 114 valence electrons. The fourth-order valence-corrected chi connectivity index (χ4v) is 2.98. The molecule has 2 unspecified atom stereocenters. The van der Waals surface area contributed by atoms with Gasteiger partial charge in [0.25, 0.3) is 0 Å². The van der Waals surface area contributed by atoms with E-state index >= 15 is 0 Å². The number of ether oxygens (including phenoxy) is 1. The van der Waals surface area contributed by atoms with Gasteiger partial charge in [-0.2, -0.15) is 0 Å². The number of hydrogen-bond donors (Lipinski definition) is 1. The summed E-state index contributed by atoms with van der Waals surface area (Å²) >= 11 is 0. The van der Waals surface area contributed by atoms with E-state index in [0.29, 0.717) is 11.8 Å². The molecule has 0 aromatic carbocycles. The van der Waals surface area contributed by atoms with Gasteiger partial charge < -0.3 is 14.3 Å². The molecule has 0 amide bonds. The van der Waals surface area contributed by atoms with E-state index in [4.69, 9.17) is 9.15 Å². The molecule has 1 aliphatic rings. The summed E-state index contributed by atoms with van der Waals surface area (Å²) < 4.78 is 10.8. The molecule has 20 heavy (non-hydrogen) atoms.